The van der Waals surface area contributed by atoms with Gasteiger partial charge in [-0.3, -0.25) is 0 Å². The molecule has 1 aliphatic heterocycles. The topological polar surface area (TPSA) is 92.7 Å². The third-order valence-electron chi connectivity index (χ3n) is 5.84. The first-order valence-electron chi connectivity index (χ1n) is 8.84. The van der Waals surface area contributed by atoms with Crippen LogP contribution in [0.2, 0.25) is 5.02 Å². The number of hydrogen-bond donors (Lipinski definition) is 2. The lowest BCUT2D eigenvalue weighted by atomic mass is 9.71. The zero-order chi connectivity index (χ0) is 21.4. The minimum absolute atomic E-state index is 0.0139. The van der Waals surface area contributed by atoms with E-state index < -0.39 is 60.8 Å². The molecule has 1 aromatic carbocycles. The second kappa shape index (κ2) is 6.19. The first-order valence-corrected chi connectivity index (χ1v) is 10.7. The Morgan fingerprint density at radius 3 is 2.62 bits per heavy atom. The smallest absolute Gasteiger partial charge is 0.416 e. The molecule has 1 unspecified atom stereocenters. The fourth-order valence-corrected chi connectivity index (χ4v) is 6.52. The number of ether oxygens (including phenoxy) is 1. The Kier molecular flexibility index (Phi) is 4.41. The number of alkyl halides is 3. The maximum Gasteiger partial charge on any atom is 0.416 e. The molecule has 0 aromatic heterocycles. The number of rotatable bonds is 3. The van der Waals surface area contributed by atoms with Crippen molar-refractivity contribution in [1.29, 1.82) is 0 Å². The predicted molar refractivity (Wildman–Crippen MR) is 95.4 cm³/mol. The maximum absolute atomic E-state index is 12.9. The van der Waals surface area contributed by atoms with E-state index in [0.717, 1.165) is 6.07 Å². The first-order chi connectivity index (χ1) is 13.3. The molecule has 0 amide bonds. The number of sulfonamides is 1. The summed E-state index contributed by atoms with van der Waals surface area (Å²) in [6.45, 7) is 1.54. The zero-order valence-corrected chi connectivity index (χ0v) is 16.7. The van der Waals surface area contributed by atoms with E-state index in [4.69, 9.17) is 16.3 Å². The van der Waals surface area contributed by atoms with Crippen LogP contribution in [-0.4, -0.2) is 36.7 Å². The Hall–Kier alpha value is -1.62. The second-order valence-electron chi connectivity index (χ2n) is 7.92. The van der Waals surface area contributed by atoms with Crippen molar-refractivity contribution < 1.29 is 36.2 Å². The maximum atomic E-state index is 12.9. The summed E-state index contributed by atoms with van der Waals surface area (Å²) in [4.78, 5) is 11.6. The van der Waals surface area contributed by atoms with Gasteiger partial charge in [0.15, 0.2) is 0 Å². The number of carbonyl (C=O) groups is 1. The largest absolute Gasteiger partial charge is 0.455 e. The monoisotopic (exact) mass is 451 g/mol. The molecule has 29 heavy (non-hydrogen) atoms. The van der Waals surface area contributed by atoms with Crippen LogP contribution in [0.3, 0.4) is 0 Å². The summed E-state index contributed by atoms with van der Waals surface area (Å²) in [5.41, 5.74) is -3.74. The Morgan fingerprint density at radius 2 is 2.00 bits per heavy atom. The van der Waals surface area contributed by atoms with Gasteiger partial charge in [-0.25, -0.2) is 17.9 Å². The summed E-state index contributed by atoms with van der Waals surface area (Å²) in [7, 11) is -4.32. The minimum Gasteiger partial charge on any atom is -0.455 e. The van der Waals surface area contributed by atoms with Gasteiger partial charge in [0.25, 0.3) is 0 Å². The van der Waals surface area contributed by atoms with E-state index >= 15 is 0 Å². The van der Waals surface area contributed by atoms with Crippen LogP contribution in [0.4, 0.5) is 13.2 Å². The molecular formula is C18H17ClF3NO5S. The zero-order valence-electron chi connectivity index (χ0n) is 15.1. The van der Waals surface area contributed by atoms with Crippen LogP contribution in [0.25, 0.3) is 0 Å². The lowest BCUT2D eigenvalue weighted by molar-refractivity contribution is -0.140. The number of nitrogens with one attached hydrogen (secondary N) is 1. The molecule has 1 saturated heterocycles. The first kappa shape index (κ1) is 20.6. The second-order valence-corrected chi connectivity index (χ2v) is 9.98. The number of benzene rings is 1. The van der Waals surface area contributed by atoms with Crippen molar-refractivity contribution in [2.45, 2.75) is 54.5 Å². The van der Waals surface area contributed by atoms with Crippen LogP contribution < -0.4 is 4.72 Å². The highest BCUT2D eigenvalue weighted by molar-refractivity contribution is 7.89. The number of hydrogen-bond acceptors (Lipinski definition) is 5. The number of halogens is 4. The number of carbonyl (C=O) groups excluding carboxylic acids is 1. The lowest BCUT2D eigenvalue weighted by Crippen LogP contribution is -2.54. The molecule has 0 bridgehead atoms. The molecule has 1 aromatic rings. The molecule has 0 radical (unpaired) electrons. The van der Waals surface area contributed by atoms with E-state index in [2.05, 4.69) is 4.72 Å². The van der Waals surface area contributed by atoms with Crippen LogP contribution in [0.1, 0.15) is 31.7 Å². The van der Waals surface area contributed by atoms with Crippen molar-refractivity contribution in [2.75, 3.05) is 0 Å². The fraction of sp³-hybridized carbons (Fsp3) is 0.500. The summed E-state index contributed by atoms with van der Waals surface area (Å²) in [6.07, 6.45) is -2.76. The molecule has 1 heterocycles. The molecule has 4 atom stereocenters. The Morgan fingerprint density at radius 1 is 1.31 bits per heavy atom. The van der Waals surface area contributed by atoms with Crippen LogP contribution in [0, 0.1) is 5.92 Å². The van der Waals surface area contributed by atoms with Crippen LogP contribution in [-0.2, 0) is 25.7 Å². The van der Waals surface area contributed by atoms with Gasteiger partial charge in [-0.05, 0) is 50.3 Å². The molecule has 1 saturated carbocycles. The predicted octanol–water partition coefficient (Wildman–Crippen LogP) is 2.79. The molecule has 2 aliphatic carbocycles. The van der Waals surface area contributed by atoms with E-state index in [0.29, 0.717) is 25.0 Å². The third-order valence-corrected chi connectivity index (χ3v) is 7.94. The average molecular weight is 452 g/mol. The van der Waals surface area contributed by atoms with Crippen LogP contribution in [0.15, 0.2) is 34.7 Å². The van der Waals surface area contributed by atoms with Gasteiger partial charge in [-0.1, -0.05) is 17.7 Å². The minimum atomic E-state index is -4.66. The molecule has 6 nitrogen and oxygen atoms in total. The van der Waals surface area contributed by atoms with Crippen molar-refractivity contribution in [3.05, 3.63) is 40.4 Å². The van der Waals surface area contributed by atoms with Crippen molar-refractivity contribution in [1.82, 2.24) is 4.72 Å². The normalized spacial score (nSPS) is 34.0. The van der Waals surface area contributed by atoms with Gasteiger partial charge in [-0.2, -0.15) is 13.2 Å². The van der Waals surface area contributed by atoms with Gasteiger partial charge >= 0.3 is 12.1 Å². The third kappa shape index (κ3) is 3.17. The van der Waals surface area contributed by atoms with Gasteiger partial charge in [0.2, 0.25) is 10.0 Å². The van der Waals surface area contributed by atoms with Crippen LogP contribution >= 0.6 is 11.6 Å². The number of esters is 1. The Balaban J connectivity index is 1.69. The molecular weight excluding hydrogens is 435 g/mol. The average Bonchev–Trinajstić information content (AvgIpc) is 3.01. The Bertz CT molecular complexity index is 1040. The molecule has 2 N–H and O–H groups in total. The van der Waals surface area contributed by atoms with Gasteiger partial charge < -0.3 is 9.84 Å². The van der Waals surface area contributed by atoms with Gasteiger partial charge in [0.1, 0.15) is 16.6 Å². The van der Waals surface area contributed by atoms with Crippen molar-refractivity contribution in [2.24, 2.45) is 5.92 Å². The van der Waals surface area contributed by atoms with Crippen molar-refractivity contribution in [3.63, 3.8) is 0 Å². The highest BCUT2D eigenvalue weighted by Crippen LogP contribution is 2.54. The van der Waals surface area contributed by atoms with Gasteiger partial charge in [0, 0.05) is 5.54 Å². The lowest BCUT2D eigenvalue weighted by Gasteiger charge is -2.40. The van der Waals surface area contributed by atoms with E-state index in [-0.39, 0.29) is 12.0 Å². The van der Waals surface area contributed by atoms with E-state index in [9.17, 15) is 31.5 Å². The van der Waals surface area contributed by atoms with Crippen molar-refractivity contribution in [3.8, 4) is 0 Å². The molecule has 2 fully saturated rings. The molecule has 158 valence electrons. The molecule has 11 heteroatoms. The molecule has 4 rings (SSSR count). The van der Waals surface area contributed by atoms with Gasteiger partial charge in [-0.15, -0.1) is 0 Å². The Labute approximate surface area is 169 Å². The quantitative estimate of drug-likeness (QED) is 0.689. The van der Waals surface area contributed by atoms with Gasteiger partial charge in [0.05, 0.1) is 16.2 Å². The SMILES string of the molecule is C[C@]1(NS(=O)(=O)c2ccc(C(F)(F)F)cc2Cl)C=C2C(=O)O[C@@H]3CCC(C1)[C@]23O. The van der Waals surface area contributed by atoms with E-state index in [1.54, 1.807) is 0 Å². The summed E-state index contributed by atoms with van der Waals surface area (Å²) in [6, 6.07) is 1.97. The standard InChI is InChI=1S/C18H17ClF3NO5S/c1-16(7-10-3-5-14-17(10,25)11(8-16)15(24)28-14)23-29(26,27)13-4-2-9(6-12(13)19)18(20,21)22/h2,4,6,8,10,14,23,25H,3,5,7H2,1H3/t10?,14-,16-,17+/m1/s1. The summed E-state index contributed by atoms with van der Waals surface area (Å²) in [5.74, 6) is -1.09. The highest BCUT2D eigenvalue weighted by Gasteiger charge is 2.64. The number of aliphatic hydroxyl groups is 1. The van der Waals surface area contributed by atoms with Crippen molar-refractivity contribution >= 4 is 27.6 Å². The summed E-state index contributed by atoms with van der Waals surface area (Å²) in [5, 5.41) is 10.4. The van der Waals surface area contributed by atoms with E-state index in [1.807, 2.05) is 0 Å². The van der Waals surface area contributed by atoms with E-state index in [1.165, 1.54) is 13.0 Å². The van der Waals surface area contributed by atoms with Crippen LogP contribution in [0.5, 0.6) is 0 Å². The summed E-state index contributed by atoms with van der Waals surface area (Å²) < 4.78 is 71.8. The fourth-order valence-electron chi connectivity index (χ4n) is 4.60. The molecule has 0 spiro atoms. The molecule has 3 aliphatic rings. The highest BCUT2D eigenvalue weighted by atomic mass is 35.5. The summed E-state index contributed by atoms with van der Waals surface area (Å²) >= 11 is 5.83.